The molecule has 7 nitrogen and oxygen atoms in total. The summed E-state index contributed by atoms with van der Waals surface area (Å²) in [4.78, 5) is 23.6. The molecule has 0 saturated carbocycles. The summed E-state index contributed by atoms with van der Waals surface area (Å²) in [5, 5.41) is 2.97. The van der Waals surface area contributed by atoms with Crippen LogP contribution in [0.5, 0.6) is 11.5 Å². The summed E-state index contributed by atoms with van der Waals surface area (Å²) in [6.07, 6.45) is 2.89. The molecule has 1 fully saturated rings. The lowest BCUT2D eigenvalue weighted by Gasteiger charge is -2.32. The van der Waals surface area contributed by atoms with Crippen LogP contribution >= 0.6 is 0 Å². The third kappa shape index (κ3) is 4.96. The van der Waals surface area contributed by atoms with E-state index in [1.54, 1.807) is 38.5 Å². The summed E-state index contributed by atoms with van der Waals surface area (Å²) in [5.41, 5.74) is 2.02. The van der Waals surface area contributed by atoms with Crippen LogP contribution in [-0.4, -0.2) is 43.2 Å². The number of hydrogen-bond donors (Lipinski definition) is 1. The Hall–Kier alpha value is -3.68. The molecule has 3 aromatic rings. The van der Waals surface area contributed by atoms with Crippen LogP contribution < -0.4 is 19.7 Å². The van der Waals surface area contributed by atoms with E-state index in [1.165, 1.54) is 18.5 Å². The second kappa shape index (κ2) is 9.64. The van der Waals surface area contributed by atoms with Crippen molar-refractivity contribution in [1.82, 2.24) is 9.97 Å². The Bertz CT molecular complexity index is 1080. The molecule has 0 spiro atoms. The molecule has 1 saturated heterocycles. The number of carbonyl (C=O) groups excluding carboxylic acids is 1. The second-order valence-electron chi connectivity index (χ2n) is 7.62. The van der Waals surface area contributed by atoms with Crippen molar-refractivity contribution in [2.45, 2.75) is 12.8 Å². The van der Waals surface area contributed by atoms with Crippen molar-refractivity contribution in [3.63, 3.8) is 0 Å². The van der Waals surface area contributed by atoms with Crippen molar-refractivity contribution < 1.29 is 18.7 Å². The monoisotopic (exact) mass is 436 g/mol. The molecule has 4 rings (SSSR count). The van der Waals surface area contributed by atoms with Gasteiger partial charge in [0.2, 0.25) is 5.91 Å². The van der Waals surface area contributed by atoms with E-state index in [0.717, 1.165) is 5.82 Å². The summed E-state index contributed by atoms with van der Waals surface area (Å²) in [6, 6.07) is 13.5. The molecule has 1 N–H and O–H groups in total. The van der Waals surface area contributed by atoms with Gasteiger partial charge in [0.1, 0.15) is 29.5 Å². The highest BCUT2D eigenvalue weighted by atomic mass is 19.1. The van der Waals surface area contributed by atoms with Crippen LogP contribution in [0.15, 0.2) is 54.9 Å². The van der Waals surface area contributed by atoms with Gasteiger partial charge in [-0.05, 0) is 25.0 Å². The number of rotatable bonds is 6. The molecule has 8 heteroatoms. The molecule has 166 valence electrons. The minimum Gasteiger partial charge on any atom is -0.497 e. The maximum atomic E-state index is 13.6. The third-order valence-corrected chi connectivity index (χ3v) is 5.58. The first-order valence-electron chi connectivity index (χ1n) is 10.4. The molecule has 1 aliphatic rings. The van der Waals surface area contributed by atoms with Gasteiger partial charge in [-0.15, -0.1) is 0 Å². The molecule has 0 radical (unpaired) electrons. The van der Waals surface area contributed by atoms with Crippen LogP contribution in [0.1, 0.15) is 12.8 Å². The Kier molecular flexibility index (Phi) is 6.49. The normalized spacial score (nSPS) is 14.2. The van der Waals surface area contributed by atoms with Crippen molar-refractivity contribution >= 4 is 17.4 Å². The summed E-state index contributed by atoms with van der Waals surface area (Å²) in [6.45, 7) is 1.39. The molecule has 0 bridgehead atoms. The van der Waals surface area contributed by atoms with E-state index >= 15 is 0 Å². The van der Waals surface area contributed by atoms with E-state index in [9.17, 15) is 9.18 Å². The number of methoxy groups -OCH3 is 2. The van der Waals surface area contributed by atoms with E-state index < -0.39 is 0 Å². The zero-order chi connectivity index (χ0) is 22.5. The van der Waals surface area contributed by atoms with Gasteiger partial charge in [-0.25, -0.2) is 14.4 Å². The maximum absolute atomic E-state index is 13.6. The Balaban J connectivity index is 1.39. The summed E-state index contributed by atoms with van der Waals surface area (Å²) in [7, 11) is 3.14. The lowest BCUT2D eigenvalue weighted by atomic mass is 9.95. The minimum atomic E-state index is -0.303. The number of piperidine rings is 1. The predicted octanol–water partition coefficient (Wildman–Crippen LogP) is 4.16. The number of hydrogen-bond acceptors (Lipinski definition) is 6. The van der Waals surface area contributed by atoms with E-state index in [1.807, 2.05) is 12.1 Å². The van der Waals surface area contributed by atoms with E-state index in [-0.39, 0.29) is 17.6 Å². The fourth-order valence-corrected chi connectivity index (χ4v) is 3.82. The van der Waals surface area contributed by atoms with Gasteiger partial charge in [-0.2, -0.15) is 0 Å². The summed E-state index contributed by atoms with van der Waals surface area (Å²) >= 11 is 0. The Morgan fingerprint density at radius 1 is 1.03 bits per heavy atom. The van der Waals surface area contributed by atoms with Crippen LogP contribution in [0.3, 0.4) is 0 Å². The lowest BCUT2D eigenvalue weighted by molar-refractivity contribution is -0.120. The molecule has 1 amide bonds. The number of benzene rings is 2. The van der Waals surface area contributed by atoms with Crippen LogP contribution in [0, 0.1) is 11.7 Å². The number of nitrogens with one attached hydrogen (secondary N) is 1. The SMILES string of the molecule is COc1cc(NC(=O)C2CCN(c3cc(-c4cccc(F)c4)ncn3)CC2)cc(OC)c1. The zero-order valence-corrected chi connectivity index (χ0v) is 18.0. The van der Waals surface area contributed by atoms with Gasteiger partial charge in [0, 0.05) is 54.5 Å². The number of nitrogens with zero attached hydrogens (tertiary/aromatic N) is 3. The van der Waals surface area contributed by atoms with Crippen molar-refractivity contribution in [3.05, 3.63) is 60.7 Å². The van der Waals surface area contributed by atoms with Crippen LogP contribution in [-0.2, 0) is 4.79 Å². The van der Waals surface area contributed by atoms with Crippen molar-refractivity contribution in [2.75, 3.05) is 37.5 Å². The average Bonchev–Trinajstić information content (AvgIpc) is 2.84. The molecule has 2 heterocycles. The smallest absolute Gasteiger partial charge is 0.227 e. The van der Waals surface area contributed by atoms with E-state index in [4.69, 9.17) is 9.47 Å². The van der Waals surface area contributed by atoms with Crippen molar-refractivity contribution in [3.8, 4) is 22.8 Å². The Morgan fingerprint density at radius 3 is 2.41 bits per heavy atom. The first kappa shape index (κ1) is 21.5. The summed E-state index contributed by atoms with van der Waals surface area (Å²) < 4.78 is 24.1. The van der Waals surface area contributed by atoms with Gasteiger partial charge in [0.25, 0.3) is 0 Å². The second-order valence-corrected chi connectivity index (χ2v) is 7.62. The first-order chi connectivity index (χ1) is 15.6. The van der Waals surface area contributed by atoms with Gasteiger partial charge < -0.3 is 19.7 Å². The molecular weight excluding hydrogens is 411 g/mol. The fourth-order valence-electron chi connectivity index (χ4n) is 3.82. The summed E-state index contributed by atoms with van der Waals surface area (Å²) in [5.74, 6) is 1.58. The predicted molar refractivity (Wildman–Crippen MR) is 121 cm³/mol. The first-order valence-corrected chi connectivity index (χ1v) is 10.4. The number of ether oxygens (including phenoxy) is 2. The van der Waals surface area contributed by atoms with Gasteiger partial charge in [-0.3, -0.25) is 4.79 Å². The maximum Gasteiger partial charge on any atom is 0.227 e. The van der Waals surface area contributed by atoms with Crippen molar-refractivity contribution in [1.29, 1.82) is 0 Å². The average molecular weight is 436 g/mol. The highest BCUT2D eigenvalue weighted by Gasteiger charge is 2.26. The number of anilines is 2. The van der Waals surface area contributed by atoms with Gasteiger partial charge in [0.15, 0.2) is 0 Å². The van der Waals surface area contributed by atoms with Gasteiger partial charge >= 0.3 is 0 Å². The van der Waals surface area contributed by atoms with Crippen LogP contribution in [0.25, 0.3) is 11.3 Å². The highest BCUT2D eigenvalue weighted by molar-refractivity contribution is 5.93. The standard InChI is InChI=1S/C24H25FN4O3/c1-31-20-11-19(12-21(13-20)32-2)28-24(30)16-6-8-29(9-7-16)23-14-22(26-15-27-23)17-4-3-5-18(25)10-17/h3-5,10-16H,6-9H2,1-2H3,(H,28,30). The van der Waals surface area contributed by atoms with Crippen LogP contribution in [0.2, 0.25) is 0 Å². The Labute approximate surface area is 186 Å². The molecule has 0 atom stereocenters. The molecule has 0 unspecified atom stereocenters. The van der Waals surface area contributed by atoms with Gasteiger partial charge in [0.05, 0.1) is 19.9 Å². The topological polar surface area (TPSA) is 76.6 Å². The molecule has 32 heavy (non-hydrogen) atoms. The largest absolute Gasteiger partial charge is 0.497 e. The Morgan fingerprint density at radius 2 is 1.75 bits per heavy atom. The zero-order valence-electron chi connectivity index (χ0n) is 18.0. The molecule has 2 aromatic carbocycles. The molecular formula is C24H25FN4O3. The van der Waals surface area contributed by atoms with Gasteiger partial charge in [-0.1, -0.05) is 12.1 Å². The molecule has 1 aromatic heterocycles. The van der Waals surface area contributed by atoms with E-state index in [0.29, 0.717) is 54.4 Å². The fraction of sp³-hybridized carbons (Fsp3) is 0.292. The number of amides is 1. The highest BCUT2D eigenvalue weighted by Crippen LogP contribution is 2.29. The van der Waals surface area contributed by atoms with E-state index in [2.05, 4.69) is 20.2 Å². The minimum absolute atomic E-state index is 0.0249. The molecule has 1 aliphatic heterocycles. The van der Waals surface area contributed by atoms with Crippen molar-refractivity contribution in [2.24, 2.45) is 5.92 Å². The number of halogens is 1. The third-order valence-electron chi connectivity index (χ3n) is 5.58. The number of aromatic nitrogens is 2. The molecule has 0 aliphatic carbocycles. The number of carbonyl (C=O) groups is 1. The lowest BCUT2D eigenvalue weighted by Crippen LogP contribution is -2.38. The quantitative estimate of drug-likeness (QED) is 0.626. The van der Waals surface area contributed by atoms with Crippen LogP contribution in [0.4, 0.5) is 15.9 Å².